The van der Waals surface area contributed by atoms with E-state index in [1.165, 1.54) is 6.92 Å². The number of amides is 3. The van der Waals surface area contributed by atoms with E-state index >= 15 is 0 Å². The number of carboxylic acids is 1. The molecular formula is C20H38N6O6. The second-order valence-electron chi connectivity index (χ2n) is 8.91. The normalized spacial score (nSPS) is 14.0. The number of alkyl carbamates (subject to hydrolysis) is 1. The van der Waals surface area contributed by atoms with Gasteiger partial charge in [-0.05, 0) is 52.9 Å². The number of hydrogen-bond donors (Lipinski definition) is 6. The van der Waals surface area contributed by atoms with Crippen LogP contribution < -0.4 is 27.4 Å². The zero-order chi connectivity index (χ0) is 25.1. The standard InChI is InChI=1S/C20H38N6O6/c1-11(2)10-14(26-19(31)32-20(4,5)6)16(28)24-12(3)15(27)25-13(17(29)30)8-7-9-23-18(21)22/h11-14H,7-10H2,1-6H3,(H,24,28)(H,25,27)(H,26,31)(H,29,30)(H4,21,22,23)/t12-,13-,14-/m0/s1. The summed E-state index contributed by atoms with van der Waals surface area (Å²) in [6, 6.07) is -3.12. The highest BCUT2D eigenvalue weighted by atomic mass is 16.6. The van der Waals surface area contributed by atoms with Crippen molar-refractivity contribution in [1.82, 2.24) is 16.0 Å². The number of aliphatic imine (C=N–C) groups is 1. The SMILES string of the molecule is CC(C)C[C@H](NC(=O)OC(C)(C)C)C(=O)N[C@@H](C)C(=O)N[C@@H](CCCN=C(N)N)C(=O)O. The third-order valence-corrected chi connectivity index (χ3v) is 4.03. The van der Waals surface area contributed by atoms with Gasteiger partial charge in [-0.15, -0.1) is 0 Å². The Hall–Kier alpha value is -3.05. The molecule has 0 saturated heterocycles. The van der Waals surface area contributed by atoms with Crippen molar-refractivity contribution in [2.45, 2.75) is 84.5 Å². The maximum Gasteiger partial charge on any atom is 0.408 e. The van der Waals surface area contributed by atoms with Crippen molar-refractivity contribution in [3.8, 4) is 0 Å². The van der Waals surface area contributed by atoms with Gasteiger partial charge in [-0.25, -0.2) is 9.59 Å². The van der Waals surface area contributed by atoms with Crippen LogP contribution in [0, 0.1) is 5.92 Å². The molecule has 3 atom stereocenters. The largest absolute Gasteiger partial charge is 0.480 e. The number of nitrogens with one attached hydrogen (secondary N) is 3. The van der Waals surface area contributed by atoms with Gasteiger partial charge in [-0.2, -0.15) is 0 Å². The van der Waals surface area contributed by atoms with Crippen LogP contribution in [0.15, 0.2) is 4.99 Å². The van der Waals surface area contributed by atoms with Gasteiger partial charge in [0.1, 0.15) is 23.7 Å². The molecule has 0 aromatic rings. The van der Waals surface area contributed by atoms with E-state index in [-0.39, 0.29) is 24.8 Å². The lowest BCUT2D eigenvalue weighted by Gasteiger charge is -2.25. The minimum absolute atomic E-state index is 0.0754. The van der Waals surface area contributed by atoms with Crippen LogP contribution in [0.5, 0.6) is 0 Å². The first kappa shape index (κ1) is 28.9. The number of aliphatic carboxylic acids is 1. The quantitative estimate of drug-likeness (QED) is 0.134. The van der Waals surface area contributed by atoms with Gasteiger partial charge < -0.3 is 37.3 Å². The molecule has 0 unspecified atom stereocenters. The van der Waals surface area contributed by atoms with Crippen molar-refractivity contribution in [1.29, 1.82) is 0 Å². The number of ether oxygens (including phenoxy) is 1. The summed E-state index contributed by atoms with van der Waals surface area (Å²) in [5.74, 6) is -2.49. The van der Waals surface area contributed by atoms with Crippen molar-refractivity contribution in [3.05, 3.63) is 0 Å². The molecule has 8 N–H and O–H groups in total. The molecule has 0 bridgehead atoms. The number of carbonyl (C=O) groups excluding carboxylic acids is 3. The molecule has 0 aliphatic carbocycles. The Morgan fingerprint density at radius 3 is 2.03 bits per heavy atom. The Balaban J connectivity index is 4.97. The van der Waals surface area contributed by atoms with Crippen LogP contribution >= 0.6 is 0 Å². The van der Waals surface area contributed by atoms with Gasteiger partial charge in [0.25, 0.3) is 0 Å². The van der Waals surface area contributed by atoms with Crippen molar-refractivity contribution in [2.75, 3.05) is 6.54 Å². The van der Waals surface area contributed by atoms with Crippen molar-refractivity contribution < 1.29 is 29.0 Å². The molecule has 12 nitrogen and oxygen atoms in total. The molecule has 0 fully saturated rings. The van der Waals surface area contributed by atoms with Crippen LogP contribution in [-0.4, -0.2) is 65.2 Å². The number of nitrogens with two attached hydrogens (primary N) is 2. The number of nitrogens with zero attached hydrogens (tertiary/aromatic N) is 1. The van der Waals surface area contributed by atoms with E-state index in [1.807, 2.05) is 13.8 Å². The summed E-state index contributed by atoms with van der Waals surface area (Å²) in [6.07, 6.45) is 0.0186. The number of rotatable bonds is 12. The fraction of sp³-hybridized carbons (Fsp3) is 0.750. The summed E-state index contributed by atoms with van der Waals surface area (Å²) in [6.45, 7) is 10.5. The van der Waals surface area contributed by atoms with E-state index in [0.717, 1.165) is 0 Å². The van der Waals surface area contributed by atoms with Gasteiger partial charge in [0.05, 0.1) is 0 Å². The van der Waals surface area contributed by atoms with Crippen LogP contribution in [-0.2, 0) is 19.1 Å². The first-order valence-corrected chi connectivity index (χ1v) is 10.5. The van der Waals surface area contributed by atoms with E-state index in [1.54, 1.807) is 20.8 Å². The summed E-state index contributed by atoms with van der Waals surface area (Å²) in [5, 5.41) is 16.7. The first-order chi connectivity index (χ1) is 14.6. The number of carbonyl (C=O) groups is 4. The molecule has 184 valence electrons. The van der Waals surface area contributed by atoms with Gasteiger partial charge in [0.2, 0.25) is 11.8 Å². The Bertz CT molecular complexity index is 685. The predicted molar refractivity (Wildman–Crippen MR) is 120 cm³/mol. The average molecular weight is 459 g/mol. The predicted octanol–water partition coefficient (Wildman–Crippen LogP) is 0.0535. The molecule has 0 aromatic carbocycles. The summed E-state index contributed by atoms with van der Waals surface area (Å²) in [4.78, 5) is 52.4. The lowest BCUT2D eigenvalue weighted by Crippen LogP contribution is -2.55. The lowest BCUT2D eigenvalue weighted by atomic mass is 10.0. The Morgan fingerprint density at radius 1 is 0.969 bits per heavy atom. The molecule has 0 rings (SSSR count). The fourth-order valence-electron chi connectivity index (χ4n) is 2.59. The van der Waals surface area contributed by atoms with Crippen LogP contribution in [0.25, 0.3) is 0 Å². The number of carboxylic acid groups (broad SMARTS) is 1. The van der Waals surface area contributed by atoms with Gasteiger partial charge in [0, 0.05) is 6.54 Å². The second kappa shape index (κ2) is 13.4. The minimum atomic E-state index is -1.22. The Kier molecular flexibility index (Phi) is 12.1. The second-order valence-corrected chi connectivity index (χ2v) is 8.91. The van der Waals surface area contributed by atoms with E-state index < -0.39 is 47.6 Å². The molecule has 0 saturated carbocycles. The summed E-state index contributed by atoms with van der Waals surface area (Å²) < 4.78 is 5.19. The van der Waals surface area contributed by atoms with Crippen LogP contribution in [0.3, 0.4) is 0 Å². The number of guanidine groups is 1. The van der Waals surface area contributed by atoms with E-state index in [9.17, 15) is 24.3 Å². The average Bonchev–Trinajstić information content (AvgIpc) is 2.60. The highest BCUT2D eigenvalue weighted by molar-refractivity contribution is 5.92. The zero-order valence-electron chi connectivity index (χ0n) is 19.7. The first-order valence-electron chi connectivity index (χ1n) is 10.5. The van der Waals surface area contributed by atoms with E-state index in [2.05, 4.69) is 20.9 Å². The molecule has 0 spiro atoms. The van der Waals surface area contributed by atoms with Gasteiger partial charge in [-0.3, -0.25) is 14.6 Å². The monoisotopic (exact) mass is 458 g/mol. The third kappa shape index (κ3) is 13.3. The number of hydrogen-bond acceptors (Lipinski definition) is 6. The molecule has 0 heterocycles. The highest BCUT2D eigenvalue weighted by Crippen LogP contribution is 2.10. The fourth-order valence-corrected chi connectivity index (χ4v) is 2.59. The summed E-state index contributed by atoms with van der Waals surface area (Å²) in [5.41, 5.74) is 9.70. The van der Waals surface area contributed by atoms with Crippen LogP contribution in [0.2, 0.25) is 0 Å². The Labute approximate surface area is 188 Å². The van der Waals surface area contributed by atoms with E-state index in [4.69, 9.17) is 16.2 Å². The summed E-state index contributed by atoms with van der Waals surface area (Å²) >= 11 is 0. The van der Waals surface area contributed by atoms with Gasteiger partial charge in [0.15, 0.2) is 5.96 Å². The maximum atomic E-state index is 12.7. The van der Waals surface area contributed by atoms with Crippen LogP contribution in [0.4, 0.5) is 4.79 Å². The maximum absolute atomic E-state index is 12.7. The Morgan fingerprint density at radius 2 is 1.56 bits per heavy atom. The van der Waals surface area contributed by atoms with Crippen LogP contribution in [0.1, 0.15) is 60.8 Å². The van der Waals surface area contributed by atoms with Gasteiger partial charge in [-0.1, -0.05) is 13.8 Å². The smallest absolute Gasteiger partial charge is 0.408 e. The molecule has 32 heavy (non-hydrogen) atoms. The van der Waals surface area contributed by atoms with Crippen molar-refractivity contribution in [3.63, 3.8) is 0 Å². The zero-order valence-corrected chi connectivity index (χ0v) is 19.7. The molecular weight excluding hydrogens is 420 g/mol. The molecule has 12 heteroatoms. The third-order valence-electron chi connectivity index (χ3n) is 4.03. The van der Waals surface area contributed by atoms with Crippen molar-refractivity contribution in [2.24, 2.45) is 22.4 Å². The molecule has 0 aliphatic rings. The lowest BCUT2D eigenvalue weighted by molar-refractivity contribution is -0.142. The highest BCUT2D eigenvalue weighted by Gasteiger charge is 2.28. The van der Waals surface area contributed by atoms with E-state index in [0.29, 0.717) is 12.8 Å². The molecule has 3 amide bonds. The summed E-state index contributed by atoms with van der Waals surface area (Å²) in [7, 11) is 0. The van der Waals surface area contributed by atoms with Crippen molar-refractivity contribution >= 4 is 29.8 Å². The minimum Gasteiger partial charge on any atom is -0.480 e. The molecule has 0 aromatic heterocycles. The van der Waals surface area contributed by atoms with Gasteiger partial charge >= 0.3 is 12.1 Å². The molecule has 0 radical (unpaired) electrons. The topological polar surface area (TPSA) is 198 Å². The molecule has 0 aliphatic heterocycles.